The number of piperazine rings is 1. The van der Waals surface area contributed by atoms with Crippen molar-refractivity contribution in [2.75, 3.05) is 33.2 Å². The lowest BCUT2D eigenvalue weighted by atomic mass is 10.1. The third-order valence-electron chi connectivity index (χ3n) is 5.33. The molecule has 0 radical (unpaired) electrons. The second-order valence-corrected chi connectivity index (χ2v) is 7.60. The molecule has 7 heteroatoms. The number of likely N-dealkylation sites (N-methyl/N-ethyl adjacent to an activating group) is 1. The first-order valence-electron chi connectivity index (χ1n) is 10.0. The van der Waals surface area contributed by atoms with Gasteiger partial charge in [-0.15, -0.1) is 0 Å². The molecule has 3 heterocycles. The number of aromatic amines is 1. The molecule has 0 spiro atoms. The zero-order chi connectivity index (χ0) is 21.1. The number of aromatic nitrogens is 3. The number of benzene rings is 1. The van der Waals surface area contributed by atoms with Crippen LogP contribution in [-0.2, 0) is 6.42 Å². The van der Waals surface area contributed by atoms with E-state index < -0.39 is 5.82 Å². The molecule has 3 aromatic rings. The van der Waals surface area contributed by atoms with Gasteiger partial charge in [-0.25, -0.2) is 14.4 Å². The fraction of sp³-hybridized carbons (Fsp3) is 0.304. The molecule has 1 fully saturated rings. The third-order valence-corrected chi connectivity index (χ3v) is 5.33. The quantitative estimate of drug-likeness (QED) is 0.625. The molecule has 2 aromatic heterocycles. The first-order valence-corrected chi connectivity index (χ1v) is 10.0. The highest BCUT2D eigenvalue weighted by molar-refractivity contribution is 5.82. The number of fused-ring (bicyclic) bond motifs is 1. The summed E-state index contributed by atoms with van der Waals surface area (Å²) in [6, 6.07) is 6.95. The summed E-state index contributed by atoms with van der Waals surface area (Å²) in [6.07, 6.45) is 5.91. The number of nitrogens with one attached hydrogen (secondary N) is 1. The Balaban J connectivity index is 1.53. The first-order chi connectivity index (χ1) is 14.5. The Kier molecular flexibility index (Phi) is 5.81. The maximum Gasteiger partial charge on any atom is 0.222 e. The zero-order valence-electron chi connectivity index (χ0n) is 17.4. The summed E-state index contributed by atoms with van der Waals surface area (Å²) in [4.78, 5) is 16.3. The second kappa shape index (κ2) is 8.67. The zero-order valence-corrected chi connectivity index (χ0v) is 17.4. The van der Waals surface area contributed by atoms with E-state index in [0.29, 0.717) is 17.7 Å². The Bertz CT molecular complexity index is 1080. The second-order valence-electron chi connectivity index (χ2n) is 7.60. The van der Waals surface area contributed by atoms with E-state index in [2.05, 4.69) is 38.4 Å². The van der Waals surface area contributed by atoms with Crippen molar-refractivity contribution >= 4 is 10.9 Å². The third kappa shape index (κ3) is 4.36. The molecule has 0 saturated carbocycles. The molecule has 1 N–H and O–H groups in total. The number of hydrogen-bond acceptors (Lipinski definition) is 5. The van der Waals surface area contributed by atoms with Crippen molar-refractivity contribution < 1.29 is 9.13 Å². The number of ether oxygens (including phenoxy) is 1. The minimum Gasteiger partial charge on any atom is -0.436 e. The Labute approximate surface area is 175 Å². The summed E-state index contributed by atoms with van der Waals surface area (Å²) in [5.41, 5.74) is 3.60. The van der Waals surface area contributed by atoms with Crippen LogP contribution in [0.1, 0.15) is 11.4 Å². The first kappa shape index (κ1) is 20.1. The molecule has 0 bridgehead atoms. The Hall–Kier alpha value is -3.19. The highest BCUT2D eigenvalue weighted by Gasteiger charge is 2.17. The van der Waals surface area contributed by atoms with Crippen LogP contribution in [0.25, 0.3) is 10.9 Å². The van der Waals surface area contributed by atoms with Crippen LogP contribution in [0.2, 0.25) is 0 Å². The van der Waals surface area contributed by atoms with Crippen LogP contribution in [-0.4, -0.2) is 58.0 Å². The lowest BCUT2D eigenvalue weighted by Gasteiger charge is -2.35. The van der Waals surface area contributed by atoms with E-state index in [9.17, 15) is 4.39 Å². The van der Waals surface area contributed by atoms with Crippen LogP contribution in [0.4, 0.5) is 4.39 Å². The summed E-state index contributed by atoms with van der Waals surface area (Å²) in [6.45, 7) is 9.71. The van der Waals surface area contributed by atoms with Crippen molar-refractivity contribution in [3.05, 3.63) is 72.2 Å². The molecular weight excluding hydrogens is 381 g/mol. The molecule has 1 aromatic carbocycles. The number of aryl methyl sites for hydroxylation is 1. The topological polar surface area (TPSA) is 57.3 Å². The monoisotopic (exact) mass is 407 g/mol. The van der Waals surface area contributed by atoms with Crippen LogP contribution < -0.4 is 4.74 Å². The van der Waals surface area contributed by atoms with Crippen molar-refractivity contribution in [1.82, 2.24) is 24.8 Å². The lowest BCUT2D eigenvalue weighted by molar-refractivity contribution is 0.183. The predicted molar refractivity (Wildman–Crippen MR) is 116 cm³/mol. The van der Waals surface area contributed by atoms with Gasteiger partial charge in [-0.3, -0.25) is 0 Å². The predicted octanol–water partition coefficient (Wildman–Crippen LogP) is 4.06. The minimum absolute atomic E-state index is 0.145. The molecular formula is C23H26FN5O. The molecule has 1 saturated heterocycles. The minimum atomic E-state index is -0.401. The molecule has 4 rings (SSSR count). The van der Waals surface area contributed by atoms with Crippen molar-refractivity contribution in [3.63, 3.8) is 0 Å². The van der Waals surface area contributed by atoms with Gasteiger partial charge >= 0.3 is 0 Å². The molecule has 0 amide bonds. The summed E-state index contributed by atoms with van der Waals surface area (Å²) in [5.74, 6) is 0.0654. The van der Waals surface area contributed by atoms with Gasteiger partial charge in [0.1, 0.15) is 6.33 Å². The lowest BCUT2D eigenvalue weighted by Crippen LogP contribution is -2.44. The number of H-pyrrole nitrogens is 1. The summed E-state index contributed by atoms with van der Waals surface area (Å²) in [5, 5.41) is 0.505. The fourth-order valence-electron chi connectivity index (χ4n) is 3.70. The van der Waals surface area contributed by atoms with Crippen LogP contribution in [0.5, 0.6) is 11.6 Å². The van der Waals surface area contributed by atoms with E-state index in [4.69, 9.17) is 4.74 Å². The highest BCUT2D eigenvalue weighted by atomic mass is 19.1. The Morgan fingerprint density at radius 3 is 2.80 bits per heavy atom. The van der Waals surface area contributed by atoms with Gasteiger partial charge in [0.05, 0.1) is 5.69 Å². The number of nitrogens with zero attached hydrogens (tertiary/aromatic N) is 4. The summed E-state index contributed by atoms with van der Waals surface area (Å²) in [7, 11) is 2.13. The average Bonchev–Trinajstić information content (AvgIpc) is 3.12. The van der Waals surface area contributed by atoms with Gasteiger partial charge in [-0.05, 0) is 38.2 Å². The van der Waals surface area contributed by atoms with Crippen molar-refractivity contribution in [2.24, 2.45) is 0 Å². The van der Waals surface area contributed by atoms with Crippen molar-refractivity contribution in [1.29, 1.82) is 0 Å². The number of allylic oxidation sites excluding steroid dienone is 3. The summed E-state index contributed by atoms with van der Waals surface area (Å²) >= 11 is 0. The fourth-order valence-corrected chi connectivity index (χ4v) is 3.70. The van der Waals surface area contributed by atoms with E-state index in [1.54, 1.807) is 30.3 Å². The maximum absolute atomic E-state index is 14.8. The van der Waals surface area contributed by atoms with E-state index in [1.807, 2.05) is 13.0 Å². The highest BCUT2D eigenvalue weighted by Crippen LogP contribution is 2.30. The summed E-state index contributed by atoms with van der Waals surface area (Å²) < 4.78 is 20.6. The Morgan fingerprint density at radius 2 is 2.03 bits per heavy atom. The normalized spacial score (nSPS) is 15.6. The molecule has 30 heavy (non-hydrogen) atoms. The van der Waals surface area contributed by atoms with Crippen LogP contribution in [0, 0.1) is 12.7 Å². The largest absolute Gasteiger partial charge is 0.436 e. The van der Waals surface area contributed by atoms with Gasteiger partial charge in [0.2, 0.25) is 5.88 Å². The van der Waals surface area contributed by atoms with Gasteiger partial charge in [0.25, 0.3) is 0 Å². The standard InChI is InChI=1S/C23H26FN5O/c1-4-5-18(29-10-8-28(3)9-11-29)13-17-14-22(26-15-25-17)30-21-7-6-20-19(23(21)24)12-16(2)27-20/h4-7,12,14-15,27H,1,8-11,13H2,2-3H3/b18-5+. The smallest absolute Gasteiger partial charge is 0.222 e. The van der Waals surface area contributed by atoms with Gasteiger partial charge in [0.15, 0.2) is 11.6 Å². The van der Waals surface area contributed by atoms with E-state index in [1.165, 1.54) is 6.33 Å². The number of rotatable bonds is 6. The molecule has 6 nitrogen and oxygen atoms in total. The van der Waals surface area contributed by atoms with Gasteiger partial charge in [0, 0.05) is 61.0 Å². The molecule has 1 aliphatic rings. The Morgan fingerprint density at radius 1 is 1.23 bits per heavy atom. The van der Waals surface area contributed by atoms with Crippen LogP contribution >= 0.6 is 0 Å². The SMILES string of the molecule is C=C/C=C(\Cc1cc(Oc2ccc3[nH]c(C)cc3c2F)ncn1)N1CCN(C)CC1. The van der Waals surface area contributed by atoms with Crippen molar-refractivity contribution in [3.8, 4) is 11.6 Å². The number of halogens is 1. The van der Waals surface area contributed by atoms with Crippen LogP contribution in [0.3, 0.4) is 0 Å². The van der Waals surface area contributed by atoms with E-state index in [0.717, 1.165) is 48.8 Å². The average molecular weight is 407 g/mol. The maximum atomic E-state index is 14.8. The molecule has 0 aliphatic carbocycles. The molecule has 0 unspecified atom stereocenters. The van der Waals surface area contributed by atoms with Gasteiger partial charge < -0.3 is 19.5 Å². The van der Waals surface area contributed by atoms with E-state index >= 15 is 0 Å². The van der Waals surface area contributed by atoms with Gasteiger partial charge in [-0.1, -0.05) is 12.7 Å². The van der Waals surface area contributed by atoms with Gasteiger partial charge in [-0.2, -0.15) is 0 Å². The molecule has 1 aliphatic heterocycles. The number of hydrogen-bond donors (Lipinski definition) is 1. The van der Waals surface area contributed by atoms with Crippen molar-refractivity contribution in [2.45, 2.75) is 13.3 Å². The molecule has 156 valence electrons. The van der Waals surface area contributed by atoms with Crippen LogP contribution in [0.15, 0.2) is 55.0 Å². The molecule has 0 atom stereocenters. The van der Waals surface area contributed by atoms with E-state index in [-0.39, 0.29) is 5.75 Å².